The molecule has 17 heavy (non-hydrogen) atoms. The van der Waals surface area contributed by atoms with Gasteiger partial charge in [0.15, 0.2) is 0 Å². The van der Waals surface area contributed by atoms with E-state index in [9.17, 15) is 9.90 Å². The molecule has 0 saturated carbocycles. The molecule has 0 spiro atoms. The Bertz CT molecular complexity index is 429. The molecule has 5 heteroatoms. The summed E-state index contributed by atoms with van der Waals surface area (Å²) in [6.07, 6.45) is 7.17. The maximum atomic E-state index is 11.9. The third-order valence-electron chi connectivity index (χ3n) is 3.15. The molecule has 0 atom stereocenters. The highest BCUT2D eigenvalue weighted by Crippen LogP contribution is 2.23. The van der Waals surface area contributed by atoms with E-state index in [1.165, 1.54) is 0 Å². The Hall–Kier alpha value is -1.62. The number of aryl methyl sites for hydroxylation is 1. The van der Waals surface area contributed by atoms with Crippen LogP contribution in [0.25, 0.3) is 0 Å². The third-order valence-corrected chi connectivity index (χ3v) is 3.15. The van der Waals surface area contributed by atoms with Crippen molar-refractivity contribution in [1.29, 1.82) is 0 Å². The molecule has 5 nitrogen and oxygen atoms in total. The first kappa shape index (κ1) is 11.9. The van der Waals surface area contributed by atoms with Crippen molar-refractivity contribution in [2.45, 2.75) is 31.7 Å². The lowest BCUT2D eigenvalue weighted by atomic mass is 9.97. The van der Waals surface area contributed by atoms with Gasteiger partial charge >= 0.3 is 0 Å². The van der Waals surface area contributed by atoms with Crippen LogP contribution in [0.2, 0.25) is 0 Å². The lowest BCUT2D eigenvalue weighted by molar-refractivity contribution is -0.122. The second-order valence-corrected chi connectivity index (χ2v) is 4.52. The van der Waals surface area contributed by atoms with E-state index in [1.54, 1.807) is 6.33 Å². The minimum atomic E-state index is -0.499. The molecule has 0 unspecified atom stereocenters. The number of aliphatic hydroxyl groups excluding tert-OH is 1. The molecule has 0 aromatic carbocycles. The number of nitrogens with zero attached hydrogens (tertiary/aromatic N) is 1. The lowest BCUT2D eigenvalue weighted by Gasteiger charge is -2.27. The number of hydrogen-bond donors (Lipinski definition) is 3. The normalized spacial score (nSPS) is 17.3. The van der Waals surface area contributed by atoms with Crippen LogP contribution in [-0.2, 0) is 11.2 Å². The van der Waals surface area contributed by atoms with Crippen molar-refractivity contribution in [3.05, 3.63) is 29.9 Å². The fourth-order valence-electron chi connectivity index (χ4n) is 2.03. The molecule has 1 heterocycles. The summed E-state index contributed by atoms with van der Waals surface area (Å²) in [5.74, 6) is -0.0991. The molecule has 0 radical (unpaired) electrons. The summed E-state index contributed by atoms with van der Waals surface area (Å²) < 4.78 is 0. The highest BCUT2D eigenvalue weighted by Gasteiger charge is 2.31. The first-order valence-corrected chi connectivity index (χ1v) is 5.71. The Morgan fingerprint density at radius 1 is 1.59 bits per heavy atom. The third kappa shape index (κ3) is 2.55. The summed E-state index contributed by atoms with van der Waals surface area (Å²) in [5.41, 5.74) is 1.16. The van der Waals surface area contributed by atoms with Crippen molar-refractivity contribution in [2.24, 2.45) is 0 Å². The Morgan fingerprint density at radius 3 is 2.82 bits per heavy atom. The van der Waals surface area contributed by atoms with Crippen LogP contribution in [0.4, 0.5) is 0 Å². The van der Waals surface area contributed by atoms with Crippen molar-refractivity contribution in [3.8, 4) is 0 Å². The average Bonchev–Trinajstić information content (AvgIpc) is 2.90. The molecule has 0 aliphatic heterocycles. The number of nitrogens with one attached hydrogen (secondary N) is 2. The standard InChI is InChI=1S/C12H17N3O2/c1-9-10(14-8-13-9)6-11(17)15-12(7-16)4-2-3-5-12/h2-3,8,16H,4-7H2,1H3,(H,13,14)(H,15,17). The molecule has 2 rings (SSSR count). The number of amides is 1. The van der Waals surface area contributed by atoms with Gasteiger partial charge in [0.25, 0.3) is 0 Å². The zero-order chi connectivity index (χ0) is 12.3. The summed E-state index contributed by atoms with van der Waals surface area (Å²) in [6, 6.07) is 0. The first-order chi connectivity index (χ1) is 8.15. The zero-order valence-electron chi connectivity index (χ0n) is 9.86. The zero-order valence-corrected chi connectivity index (χ0v) is 9.86. The van der Waals surface area contributed by atoms with Gasteiger partial charge in [-0.3, -0.25) is 4.79 Å². The molecular formula is C12H17N3O2. The van der Waals surface area contributed by atoms with Crippen molar-refractivity contribution < 1.29 is 9.90 Å². The van der Waals surface area contributed by atoms with Gasteiger partial charge < -0.3 is 15.4 Å². The molecular weight excluding hydrogens is 218 g/mol. The van der Waals surface area contributed by atoms with Crippen LogP contribution >= 0.6 is 0 Å². The Labute approximate surface area is 100.0 Å². The van der Waals surface area contributed by atoms with Gasteiger partial charge in [0.05, 0.1) is 30.6 Å². The highest BCUT2D eigenvalue weighted by atomic mass is 16.3. The number of aromatic nitrogens is 2. The minimum Gasteiger partial charge on any atom is -0.394 e. The van der Waals surface area contributed by atoms with E-state index in [0.29, 0.717) is 12.8 Å². The number of H-pyrrole nitrogens is 1. The maximum Gasteiger partial charge on any atom is 0.226 e. The minimum absolute atomic E-state index is 0.0364. The lowest BCUT2D eigenvalue weighted by Crippen LogP contribution is -2.50. The van der Waals surface area contributed by atoms with E-state index in [1.807, 2.05) is 19.1 Å². The Kier molecular flexibility index (Phi) is 3.28. The molecule has 0 fully saturated rings. The van der Waals surface area contributed by atoms with E-state index in [2.05, 4.69) is 15.3 Å². The average molecular weight is 235 g/mol. The summed E-state index contributed by atoms with van der Waals surface area (Å²) in [5, 5.41) is 12.3. The monoisotopic (exact) mass is 235 g/mol. The first-order valence-electron chi connectivity index (χ1n) is 5.71. The van der Waals surface area contributed by atoms with Crippen LogP contribution in [0.5, 0.6) is 0 Å². The van der Waals surface area contributed by atoms with Gasteiger partial charge in [-0.15, -0.1) is 0 Å². The maximum absolute atomic E-state index is 11.9. The molecule has 1 amide bonds. The molecule has 0 saturated heterocycles. The topological polar surface area (TPSA) is 78.0 Å². The Balaban J connectivity index is 1.95. The van der Waals surface area contributed by atoms with Crippen LogP contribution in [0.15, 0.2) is 18.5 Å². The predicted molar refractivity (Wildman–Crippen MR) is 63.4 cm³/mol. The molecule has 1 aliphatic carbocycles. The summed E-state index contributed by atoms with van der Waals surface area (Å²) in [4.78, 5) is 18.9. The second kappa shape index (κ2) is 4.71. The Morgan fingerprint density at radius 2 is 2.29 bits per heavy atom. The molecule has 1 aliphatic rings. The molecule has 0 bridgehead atoms. The number of hydrogen-bond acceptors (Lipinski definition) is 3. The number of aromatic amines is 1. The van der Waals surface area contributed by atoms with Crippen LogP contribution in [0, 0.1) is 6.92 Å². The van der Waals surface area contributed by atoms with Gasteiger partial charge in [0.1, 0.15) is 0 Å². The molecule has 1 aromatic heterocycles. The van der Waals surface area contributed by atoms with Gasteiger partial charge in [0, 0.05) is 5.69 Å². The van der Waals surface area contributed by atoms with Crippen LogP contribution in [0.3, 0.4) is 0 Å². The highest BCUT2D eigenvalue weighted by molar-refractivity contribution is 5.79. The van der Waals surface area contributed by atoms with Gasteiger partial charge in [-0.05, 0) is 19.8 Å². The number of rotatable bonds is 4. The number of carbonyl (C=O) groups excluding carboxylic acids is 1. The summed E-state index contributed by atoms with van der Waals surface area (Å²) in [7, 11) is 0. The van der Waals surface area contributed by atoms with Gasteiger partial charge in [-0.1, -0.05) is 12.2 Å². The van der Waals surface area contributed by atoms with E-state index in [4.69, 9.17) is 0 Å². The van der Waals surface area contributed by atoms with Crippen LogP contribution in [0.1, 0.15) is 24.2 Å². The van der Waals surface area contributed by atoms with E-state index in [0.717, 1.165) is 11.4 Å². The smallest absolute Gasteiger partial charge is 0.226 e. The van der Waals surface area contributed by atoms with Crippen LogP contribution in [-0.4, -0.2) is 33.1 Å². The van der Waals surface area contributed by atoms with Crippen LogP contribution < -0.4 is 5.32 Å². The van der Waals surface area contributed by atoms with E-state index < -0.39 is 5.54 Å². The van der Waals surface area contributed by atoms with Crippen molar-refractivity contribution in [3.63, 3.8) is 0 Å². The van der Waals surface area contributed by atoms with Gasteiger partial charge in [-0.25, -0.2) is 4.98 Å². The van der Waals surface area contributed by atoms with Crippen molar-refractivity contribution in [1.82, 2.24) is 15.3 Å². The molecule has 92 valence electrons. The van der Waals surface area contributed by atoms with Gasteiger partial charge in [0.2, 0.25) is 5.91 Å². The summed E-state index contributed by atoms with van der Waals surface area (Å²) >= 11 is 0. The quantitative estimate of drug-likeness (QED) is 0.663. The fourth-order valence-corrected chi connectivity index (χ4v) is 2.03. The second-order valence-electron chi connectivity index (χ2n) is 4.52. The fraction of sp³-hybridized carbons (Fsp3) is 0.500. The SMILES string of the molecule is Cc1[nH]cnc1CC(=O)NC1(CO)CC=CC1. The molecule has 3 N–H and O–H groups in total. The van der Waals surface area contributed by atoms with E-state index in [-0.39, 0.29) is 18.9 Å². The largest absolute Gasteiger partial charge is 0.394 e. The summed E-state index contributed by atoms with van der Waals surface area (Å²) in [6.45, 7) is 1.85. The van der Waals surface area contributed by atoms with E-state index >= 15 is 0 Å². The van der Waals surface area contributed by atoms with Gasteiger partial charge in [-0.2, -0.15) is 0 Å². The number of aliphatic hydroxyl groups is 1. The van der Waals surface area contributed by atoms with Crippen molar-refractivity contribution >= 4 is 5.91 Å². The van der Waals surface area contributed by atoms with Crippen molar-refractivity contribution in [2.75, 3.05) is 6.61 Å². The predicted octanol–water partition coefficient (Wildman–Crippen LogP) is 0.458. The number of imidazole rings is 1. The number of carbonyl (C=O) groups is 1. The molecule has 1 aromatic rings.